The Hall–Kier alpha value is -0.610. The van der Waals surface area contributed by atoms with E-state index in [-0.39, 0.29) is 17.6 Å². The summed E-state index contributed by atoms with van der Waals surface area (Å²) < 4.78 is 5.41. The summed E-state index contributed by atoms with van der Waals surface area (Å²) in [5.41, 5.74) is -0.0182. The molecule has 2 fully saturated rings. The first-order valence-electron chi connectivity index (χ1n) is 5.31. The Morgan fingerprint density at radius 3 is 2.93 bits per heavy atom. The zero-order valence-electron chi connectivity index (χ0n) is 8.64. The highest BCUT2D eigenvalue weighted by molar-refractivity contribution is 5.77. The third-order valence-corrected chi connectivity index (χ3v) is 2.91. The minimum Gasteiger partial charge on any atom is -0.378 e. The summed E-state index contributed by atoms with van der Waals surface area (Å²) in [5, 5.41) is 6.19. The number of nitrogens with one attached hydrogen (secondary N) is 2. The molecule has 4 nitrogen and oxygen atoms in total. The van der Waals surface area contributed by atoms with E-state index in [4.69, 9.17) is 4.74 Å². The molecule has 2 aliphatic rings. The van der Waals surface area contributed by atoms with Crippen molar-refractivity contribution in [2.45, 2.75) is 37.8 Å². The van der Waals surface area contributed by atoms with Crippen molar-refractivity contribution in [2.75, 3.05) is 19.7 Å². The number of rotatable bonds is 3. The molecule has 1 unspecified atom stereocenters. The molecule has 1 amide bonds. The van der Waals surface area contributed by atoms with E-state index in [1.165, 1.54) is 0 Å². The van der Waals surface area contributed by atoms with Gasteiger partial charge >= 0.3 is 0 Å². The molecular weight excluding hydrogens is 180 g/mol. The quantitative estimate of drug-likeness (QED) is 0.673. The van der Waals surface area contributed by atoms with Gasteiger partial charge in [0.15, 0.2) is 0 Å². The second kappa shape index (κ2) is 3.87. The van der Waals surface area contributed by atoms with E-state index in [0.29, 0.717) is 6.42 Å². The largest absolute Gasteiger partial charge is 0.378 e. The first-order valence-corrected chi connectivity index (χ1v) is 5.31. The summed E-state index contributed by atoms with van der Waals surface area (Å²) in [4.78, 5) is 11.6. The summed E-state index contributed by atoms with van der Waals surface area (Å²) in [5.74, 6) is 0.126. The van der Waals surface area contributed by atoms with Gasteiger partial charge in [0.05, 0.1) is 18.1 Å². The van der Waals surface area contributed by atoms with Crippen molar-refractivity contribution >= 4 is 5.91 Å². The summed E-state index contributed by atoms with van der Waals surface area (Å²) in [7, 11) is 0. The fraction of sp³-hybridized carbons (Fsp3) is 0.900. The van der Waals surface area contributed by atoms with Crippen LogP contribution < -0.4 is 10.6 Å². The Bertz CT molecular complexity index is 220. The molecule has 2 rings (SSSR count). The van der Waals surface area contributed by atoms with E-state index in [0.717, 1.165) is 32.5 Å². The molecule has 4 heteroatoms. The van der Waals surface area contributed by atoms with Gasteiger partial charge in [0.25, 0.3) is 0 Å². The standard InChI is InChI=1S/C10H18N2O2/c1-10(6-11-7-10)12-9(13)5-8-3-2-4-14-8/h8,11H,2-7H2,1H3,(H,12,13). The van der Waals surface area contributed by atoms with Crippen molar-refractivity contribution in [3.05, 3.63) is 0 Å². The highest BCUT2D eigenvalue weighted by Crippen LogP contribution is 2.16. The molecule has 14 heavy (non-hydrogen) atoms. The molecular formula is C10H18N2O2. The fourth-order valence-electron chi connectivity index (χ4n) is 1.99. The van der Waals surface area contributed by atoms with Crippen LogP contribution in [0.2, 0.25) is 0 Å². The summed E-state index contributed by atoms with van der Waals surface area (Å²) in [6.45, 7) is 4.64. The zero-order valence-corrected chi connectivity index (χ0v) is 8.64. The van der Waals surface area contributed by atoms with E-state index in [1.54, 1.807) is 0 Å². The maximum atomic E-state index is 11.6. The number of amides is 1. The van der Waals surface area contributed by atoms with Crippen LogP contribution in [0.3, 0.4) is 0 Å². The second-order valence-electron chi connectivity index (χ2n) is 4.55. The first-order chi connectivity index (χ1) is 6.68. The fourth-order valence-corrected chi connectivity index (χ4v) is 1.99. The molecule has 0 aromatic rings. The summed E-state index contributed by atoms with van der Waals surface area (Å²) in [6.07, 6.45) is 2.81. The van der Waals surface area contributed by atoms with Crippen LogP contribution in [0.25, 0.3) is 0 Å². The van der Waals surface area contributed by atoms with E-state index < -0.39 is 0 Å². The van der Waals surface area contributed by atoms with Crippen LogP contribution in [-0.4, -0.2) is 37.2 Å². The minimum atomic E-state index is -0.0182. The lowest BCUT2D eigenvalue weighted by atomic mass is 9.95. The van der Waals surface area contributed by atoms with Crippen molar-refractivity contribution in [2.24, 2.45) is 0 Å². The average molecular weight is 198 g/mol. The Balaban J connectivity index is 1.72. The Morgan fingerprint density at radius 1 is 1.64 bits per heavy atom. The van der Waals surface area contributed by atoms with Gasteiger partial charge < -0.3 is 15.4 Å². The van der Waals surface area contributed by atoms with Gasteiger partial charge in [0.1, 0.15) is 0 Å². The second-order valence-corrected chi connectivity index (χ2v) is 4.55. The van der Waals surface area contributed by atoms with Crippen LogP contribution >= 0.6 is 0 Å². The normalized spacial score (nSPS) is 29.6. The van der Waals surface area contributed by atoms with Crippen LogP contribution in [0.4, 0.5) is 0 Å². The van der Waals surface area contributed by atoms with Gasteiger partial charge in [-0.2, -0.15) is 0 Å². The zero-order chi connectivity index (χ0) is 10.0. The third kappa shape index (κ3) is 2.25. The van der Waals surface area contributed by atoms with Gasteiger partial charge in [0, 0.05) is 19.7 Å². The lowest BCUT2D eigenvalue weighted by molar-refractivity contribution is -0.125. The van der Waals surface area contributed by atoms with Gasteiger partial charge in [-0.3, -0.25) is 4.79 Å². The maximum absolute atomic E-state index is 11.6. The number of hydrogen-bond acceptors (Lipinski definition) is 3. The molecule has 0 aromatic heterocycles. The van der Waals surface area contributed by atoms with Gasteiger partial charge in [-0.25, -0.2) is 0 Å². The minimum absolute atomic E-state index is 0.0182. The molecule has 2 N–H and O–H groups in total. The molecule has 2 heterocycles. The summed E-state index contributed by atoms with van der Waals surface area (Å²) in [6, 6.07) is 0. The predicted octanol–water partition coefficient (Wildman–Crippen LogP) is 0.0336. The Kier molecular flexibility index (Phi) is 2.74. The van der Waals surface area contributed by atoms with Gasteiger partial charge in [-0.15, -0.1) is 0 Å². The molecule has 0 aliphatic carbocycles. The van der Waals surface area contributed by atoms with E-state index in [1.807, 2.05) is 0 Å². The average Bonchev–Trinajstić information content (AvgIpc) is 2.53. The van der Waals surface area contributed by atoms with Crippen LogP contribution in [0, 0.1) is 0 Å². The highest BCUT2D eigenvalue weighted by atomic mass is 16.5. The van der Waals surface area contributed by atoms with Crippen LogP contribution in [0.5, 0.6) is 0 Å². The van der Waals surface area contributed by atoms with Crippen molar-refractivity contribution in [1.29, 1.82) is 0 Å². The SMILES string of the molecule is CC1(NC(=O)CC2CCCO2)CNC1. The highest BCUT2D eigenvalue weighted by Gasteiger charge is 2.33. The topological polar surface area (TPSA) is 50.4 Å². The van der Waals surface area contributed by atoms with E-state index >= 15 is 0 Å². The van der Waals surface area contributed by atoms with Gasteiger partial charge in [-0.05, 0) is 19.8 Å². The molecule has 2 aliphatic heterocycles. The monoisotopic (exact) mass is 198 g/mol. The lowest BCUT2D eigenvalue weighted by Crippen LogP contribution is -2.67. The predicted molar refractivity (Wildman–Crippen MR) is 53.0 cm³/mol. The number of carbonyl (C=O) groups excluding carboxylic acids is 1. The maximum Gasteiger partial charge on any atom is 0.223 e. The van der Waals surface area contributed by atoms with Crippen molar-refractivity contribution in [3.63, 3.8) is 0 Å². The Morgan fingerprint density at radius 2 is 2.43 bits per heavy atom. The number of ether oxygens (including phenoxy) is 1. The molecule has 0 aromatic carbocycles. The van der Waals surface area contributed by atoms with E-state index in [9.17, 15) is 4.79 Å². The smallest absolute Gasteiger partial charge is 0.223 e. The molecule has 0 radical (unpaired) electrons. The number of hydrogen-bond donors (Lipinski definition) is 2. The van der Waals surface area contributed by atoms with Crippen molar-refractivity contribution in [3.8, 4) is 0 Å². The summed E-state index contributed by atoms with van der Waals surface area (Å²) >= 11 is 0. The first kappa shape index (κ1) is 9.93. The van der Waals surface area contributed by atoms with Gasteiger partial charge in [0.2, 0.25) is 5.91 Å². The number of carbonyl (C=O) groups is 1. The van der Waals surface area contributed by atoms with E-state index in [2.05, 4.69) is 17.6 Å². The molecule has 1 atom stereocenters. The van der Waals surface area contributed by atoms with Crippen LogP contribution in [0.15, 0.2) is 0 Å². The van der Waals surface area contributed by atoms with Crippen molar-refractivity contribution in [1.82, 2.24) is 10.6 Å². The molecule has 0 saturated carbocycles. The Labute approximate surface area is 84.4 Å². The molecule has 0 spiro atoms. The van der Waals surface area contributed by atoms with Crippen molar-refractivity contribution < 1.29 is 9.53 Å². The lowest BCUT2D eigenvalue weighted by Gasteiger charge is -2.40. The molecule has 80 valence electrons. The molecule has 2 saturated heterocycles. The van der Waals surface area contributed by atoms with Crippen LogP contribution in [-0.2, 0) is 9.53 Å². The molecule has 0 bridgehead atoms. The van der Waals surface area contributed by atoms with Gasteiger partial charge in [-0.1, -0.05) is 0 Å². The third-order valence-electron chi connectivity index (χ3n) is 2.91. The van der Waals surface area contributed by atoms with Crippen LogP contribution in [0.1, 0.15) is 26.2 Å².